The van der Waals surface area contributed by atoms with Crippen molar-refractivity contribution >= 4 is 22.6 Å². The number of rotatable bonds is 4. The summed E-state index contributed by atoms with van der Waals surface area (Å²) in [5, 5.41) is 0. The second kappa shape index (κ2) is 5.63. The largest absolute Gasteiger partial charge is 0.260 e. The summed E-state index contributed by atoms with van der Waals surface area (Å²) in [4.78, 5) is 0. The minimum atomic E-state index is -0.580. The molecule has 0 saturated carbocycles. The van der Waals surface area contributed by atoms with Crippen molar-refractivity contribution in [3.63, 3.8) is 0 Å². The van der Waals surface area contributed by atoms with Crippen molar-refractivity contribution in [2.24, 2.45) is 0 Å². The van der Waals surface area contributed by atoms with Crippen LogP contribution in [-0.4, -0.2) is 28.2 Å². The van der Waals surface area contributed by atoms with Crippen LogP contribution in [0.5, 0.6) is 0 Å². The van der Waals surface area contributed by atoms with Crippen molar-refractivity contribution in [3.8, 4) is 0 Å². The molecule has 0 aromatic heterocycles. The Hall–Kier alpha value is 0.500. The zero-order valence-electron chi connectivity index (χ0n) is 5.35. The van der Waals surface area contributed by atoms with Crippen LogP contribution < -0.4 is 0 Å². The Bertz CT molecular complexity index is 72.8. The molecule has 1 unspecified atom stereocenters. The molecule has 0 aliphatic heterocycles. The van der Waals surface area contributed by atoms with E-state index in [0.29, 0.717) is 0 Å². The highest BCUT2D eigenvalue weighted by atomic mass is 32.2. The number of thioether (sulfide) groups is 1. The lowest BCUT2D eigenvalue weighted by Crippen LogP contribution is -1.94. The lowest BCUT2D eigenvalue weighted by atomic mass is 10.6. The summed E-state index contributed by atoms with van der Waals surface area (Å²) in [6.07, 6.45) is 4.91. The van der Waals surface area contributed by atoms with Crippen LogP contribution in [0.1, 0.15) is 6.42 Å². The zero-order chi connectivity index (χ0) is 6.41. The minimum absolute atomic E-state index is 0.580. The molecule has 0 fully saturated rings. The summed E-state index contributed by atoms with van der Waals surface area (Å²) in [7, 11) is -0.580. The Morgan fingerprint density at radius 3 is 2.62 bits per heavy atom. The topological polar surface area (TPSA) is 17.1 Å². The Morgan fingerprint density at radius 1 is 1.62 bits per heavy atom. The standard InChI is InChI=1S/C5H12OS2/c1-7-4-3-5-8(2)6/h3-5H2,1-2H3. The van der Waals surface area contributed by atoms with Crippen molar-refractivity contribution in [2.75, 3.05) is 24.0 Å². The van der Waals surface area contributed by atoms with Gasteiger partial charge in [0.15, 0.2) is 0 Å². The first-order valence-corrected chi connectivity index (χ1v) is 5.68. The first-order valence-electron chi connectivity index (χ1n) is 2.56. The highest BCUT2D eigenvalue weighted by molar-refractivity contribution is 7.98. The molecule has 0 saturated heterocycles. The maximum absolute atomic E-state index is 10.4. The summed E-state index contributed by atoms with van der Waals surface area (Å²) in [6.45, 7) is 0. The van der Waals surface area contributed by atoms with Crippen molar-refractivity contribution in [3.05, 3.63) is 0 Å². The van der Waals surface area contributed by atoms with E-state index >= 15 is 0 Å². The van der Waals surface area contributed by atoms with Gasteiger partial charge in [-0.05, 0) is 18.4 Å². The fourth-order valence-corrected chi connectivity index (χ4v) is 1.57. The first kappa shape index (κ1) is 8.50. The Morgan fingerprint density at radius 2 is 2.25 bits per heavy atom. The molecule has 0 heterocycles. The molecule has 0 rings (SSSR count). The van der Waals surface area contributed by atoms with Gasteiger partial charge in [0.05, 0.1) is 0 Å². The van der Waals surface area contributed by atoms with Gasteiger partial charge >= 0.3 is 0 Å². The highest BCUT2D eigenvalue weighted by Crippen LogP contribution is 1.95. The van der Waals surface area contributed by atoms with E-state index in [2.05, 4.69) is 6.26 Å². The molecule has 0 bridgehead atoms. The first-order chi connectivity index (χ1) is 3.77. The molecule has 0 aromatic carbocycles. The molecule has 3 heteroatoms. The van der Waals surface area contributed by atoms with E-state index in [1.54, 1.807) is 6.26 Å². The summed E-state index contributed by atoms with van der Waals surface area (Å²) in [6, 6.07) is 0. The van der Waals surface area contributed by atoms with Crippen LogP contribution in [0.4, 0.5) is 0 Å². The molecule has 50 valence electrons. The third-order valence-corrected chi connectivity index (χ3v) is 2.34. The van der Waals surface area contributed by atoms with Crippen LogP contribution in [0.15, 0.2) is 0 Å². The quantitative estimate of drug-likeness (QED) is 0.561. The van der Waals surface area contributed by atoms with Crippen molar-refractivity contribution in [2.45, 2.75) is 6.42 Å². The Balaban J connectivity index is 2.82. The normalized spacial score (nSPS) is 13.8. The van der Waals surface area contributed by atoms with Gasteiger partial charge in [0, 0.05) is 22.8 Å². The molecule has 0 spiro atoms. The maximum Gasteiger partial charge on any atom is 0.0239 e. The summed E-state index contributed by atoms with van der Waals surface area (Å²) >= 11 is 1.81. The lowest BCUT2D eigenvalue weighted by molar-refractivity contribution is 0.685. The number of hydrogen-bond donors (Lipinski definition) is 0. The lowest BCUT2D eigenvalue weighted by Gasteiger charge is -1.91. The van der Waals surface area contributed by atoms with Gasteiger partial charge in [0.25, 0.3) is 0 Å². The second-order valence-corrected chi connectivity index (χ2v) is 4.16. The molecule has 0 radical (unpaired) electrons. The van der Waals surface area contributed by atoms with E-state index < -0.39 is 10.8 Å². The van der Waals surface area contributed by atoms with E-state index in [1.807, 2.05) is 11.8 Å². The van der Waals surface area contributed by atoms with Gasteiger partial charge in [0.1, 0.15) is 0 Å². The summed E-state index contributed by atoms with van der Waals surface area (Å²) < 4.78 is 10.4. The molecule has 0 aromatic rings. The maximum atomic E-state index is 10.4. The summed E-state index contributed by atoms with van der Waals surface area (Å²) in [5.41, 5.74) is 0. The van der Waals surface area contributed by atoms with Crippen molar-refractivity contribution in [1.29, 1.82) is 0 Å². The van der Waals surface area contributed by atoms with Gasteiger partial charge < -0.3 is 0 Å². The molecule has 8 heavy (non-hydrogen) atoms. The number of hydrogen-bond acceptors (Lipinski definition) is 2. The van der Waals surface area contributed by atoms with Gasteiger partial charge in [-0.3, -0.25) is 4.21 Å². The predicted molar refractivity (Wildman–Crippen MR) is 41.9 cm³/mol. The molecule has 1 nitrogen and oxygen atoms in total. The average Bonchev–Trinajstić information content (AvgIpc) is 1.66. The second-order valence-electron chi connectivity index (χ2n) is 1.62. The van der Waals surface area contributed by atoms with E-state index in [1.165, 1.54) is 0 Å². The predicted octanol–water partition coefficient (Wildman–Crippen LogP) is 1.12. The fraction of sp³-hybridized carbons (Fsp3) is 1.00. The van der Waals surface area contributed by atoms with Crippen molar-refractivity contribution < 1.29 is 4.21 Å². The molecule has 0 amide bonds. The molecule has 0 aliphatic carbocycles. The van der Waals surface area contributed by atoms with E-state index in [4.69, 9.17) is 0 Å². The molecular weight excluding hydrogens is 140 g/mol. The third kappa shape index (κ3) is 6.50. The van der Waals surface area contributed by atoms with E-state index in [0.717, 1.165) is 17.9 Å². The van der Waals surface area contributed by atoms with Crippen LogP contribution in [0.2, 0.25) is 0 Å². The highest BCUT2D eigenvalue weighted by Gasteiger charge is 1.88. The molecule has 1 atom stereocenters. The average molecular weight is 152 g/mol. The van der Waals surface area contributed by atoms with E-state index in [-0.39, 0.29) is 0 Å². The zero-order valence-corrected chi connectivity index (χ0v) is 6.98. The van der Waals surface area contributed by atoms with Gasteiger partial charge in [-0.1, -0.05) is 0 Å². The molecule has 0 aliphatic rings. The van der Waals surface area contributed by atoms with E-state index in [9.17, 15) is 4.21 Å². The van der Waals surface area contributed by atoms with Crippen LogP contribution in [-0.2, 0) is 10.8 Å². The van der Waals surface area contributed by atoms with Crippen LogP contribution >= 0.6 is 11.8 Å². The minimum Gasteiger partial charge on any atom is -0.260 e. The monoisotopic (exact) mass is 152 g/mol. The van der Waals surface area contributed by atoms with Gasteiger partial charge in [0.2, 0.25) is 0 Å². The Kier molecular flexibility index (Phi) is 5.99. The van der Waals surface area contributed by atoms with Crippen LogP contribution in [0.3, 0.4) is 0 Å². The SMILES string of the molecule is CSCCCS(C)=O. The van der Waals surface area contributed by atoms with Crippen LogP contribution in [0.25, 0.3) is 0 Å². The van der Waals surface area contributed by atoms with Gasteiger partial charge in [-0.2, -0.15) is 11.8 Å². The van der Waals surface area contributed by atoms with Crippen LogP contribution in [0, 0.1) is 0 Å². The van der Waals surface area contributed by atoms with Gasteiger partial charge in [-0.25, -0.2) is 0 Å². The van der Waals surface area contributed by atoms with Crippen molar-refractivity contribution in [1.82, 2.24) is 0 Å². The fourth-order valence-electron chi connectivity index (χ4n) is 0.407. The third-order valence-electron chi connectivity index (χ3n) is 0.780. The molecule has 0 N–H and O–H groups in total. The summed E-state index contributed by atoms with van der Waals surface area (Å²) in [5.74, 6) is 2.00. The smallest absolute Gasteiger partial charge is 0.0239 e. The van der Waals surface area contributed by atoms with Gasteiger partial charge in [-0.15, -0.1) is 0 Å². The molecular formula is C5H12OS2. The Labute approximate surface area is 57.7 Å².